The molecular formula is C22H27FN4O2. The highest BCUT2D eigenvalue weighted by molar-refractivity contribution is 6.39. The monoisotopic (exact) mass is 398 g/mol. The summed E-state index contributed by atoms with van der Waals surface area (Å²) in [5.41, 5.74) is 4.03. The Kier molecular flexibility index (Phi) is 6.49. The zero-order valence-corrected chi connectivity index (χ0v) is 17.0. The molecule has 1 heterocycles. The zero-order chi connectivity index (χ0) is 21.0. The first-order chi connectivity index (χ1) is 13.8. The van der Waals surface area contributed by atoms with Gasteiger partial charge in [0, 0.05) is 31.5 Å². The smallest absolute Gasteiger partial charge is 0.313 e. The van der Waals surface area contributed by atoms with Crippen molar-refractivity contribution in [1.82, 2.24) is 10.2 Å². The number of carbonyl (C=O) groups excluding carboxylic acids is 2. The first-order valence-electron chi connectivity index (χ1n) is 9.70. The van der Waals surface area contributed by atoms with E-state index in [1.54, 1.807) is 0 Å². The van der Waals surface area contributed by atoms with E-state index in [0.29, 0.717) is 12.2 Å². The molecule has 154 valence electrons. The van der Waals surface area contributed by atoms with Gasteiger partial charge in [-0.15, -0.1) is 0 Å². The van der Waals surface area contributed by atoms with Crippen LogP contribution in [0.1, 0.15) is 23.6 Å². The second-order valence-electron chi connectivity index (χ2n) is 7.56. The van der Waals surface area contributed by atoms with Crippen LogP contribution in [0.3, 0.4) is 0 Å². The third-order valence-corrected chi connectivity index (χ3v) is 5.23. The second-order valence-corrected chi connectivity index (χ2v) is 7.56. The summed E-state index contributed by atoms with van der Waals surface area (Å²) in [6.07, 6.45) is 2.17. The normalized spacial score (nSPS) is 14.3. The standard InChI is InChI=1S/C22H27FN4O2/c1-26(2)20(16-6-11-19-15(13-16)5-4-12-27(19)3)14-24-21(28)22(29)25-18-9-7-17(23)8-10-18/h6-11,13,20H,4-5,12,14H2,1-3H3,(H,24,28)(H,25,29)/t20-/m1/s1. The lowest BCUT2D eigenvalue weighted by molar-refractivity contribution is -0.136. The fraction of sp³-hybridized carbons (Fsp3) is 0.364. The van der Waals surface area contributed by atoms with Crippen molar-refractivity contribution in [2.45, 2.75) is 18.9 Å². The zero-order valence-electron chi connectivity index (χ0n) is 17.0. The van der Waals surface area contributed by atoms with E-state index >= 15 is 0 Å². The second kappa shape index (κ2) is 9.05. The van der Waals surface area contributed by atoms with E-state index in [0.717, 1.165) is 24.9 Å². The lowest BCUT2D eigenvalue weighted by Crippen LogP contribution is -2.40. The van der Waals surface area contributed by atoms with Crippen LogP contribution in [-0.2, 0) is 16.0 Å². The molecule has 2 amide bonds. The Hall–Kier alpha value is -2.93. The van der Waals surface area contributed by atoms with E-state index < -0.39 is 17.6 Å². The maximum atomic E-state index is 13.0. The minimum Gasteiger partial charge on any atom is -0.374 e. The van der Waals surface area contributed by atoms with Crippen LogP contribution < -0.4 is 15.5 Å². The third-order valence-electron chi connectivity index (χ3n) is 5.23. The molecule has 0 radical (unpaired) electrons. The molecule has 1 atom stereocenters. The van der Waals surface area contributed by atoms with Gasteiger partial charge in [-0.25, -0.2) is 4.39 Å². The number of aryl methyl sites for hydroxylation is 1. The number of fused-ring (bicyclic) bond motifs is 1. The Bertz CT molecular complexity index is 883. The number of halogens is 1. The summed E-state index contributed by atoms with van der Waals surface area (Å²) in [4.78, 5) is 28.6. The number of nitrogens with zero attached hydrogens (tertiary/aromatic N) is 2. The first-order valence-corrected chi connectivity index (χ1v) is 9.70. The summed E-state index contributed by atoms with van der Waals surface area (Å²) in [5, 5.41) is 5.18. The van der Waals surface area contributed by atoms with Crippen LogP contribution in [0.2, 0.25) is 0 Å². The van der Waals surface area contributed by atoms with Crippen molar-refractivity contribution in [2.75, 3.05) is 44.4 Å². The molecule has 1 aliphatic heterocycles. The van der Waals surface area contributed by atoms with Crippen LogP contribution in [0.25, 0.3) is 0 Å². The van der Waals surface area contributed by atoms with Gasteiger partial charge in [0.15, 0.2) is 0 Å². The van der Waals surface area contributed by atoms with Crippen LogP contribution in [0.15, 0.2) is 42.5 Å². The Labute approximate surface area is 170 Å². The maximum absolute atomic E-state index is 13.0. The fourth-order valence-electron chi connectivity index (χ4n) is 3.60. The minimum absolute atomic E-state index is 0.0601. The molecule has 29 heavy (non-hydrogen) atoms. The summed E-state index contributed by atoms with van der Waals surface area (Å²) < 4.78 is 13.0. The number of hydrogen-bond donors (Lipinski definition) is 2. The van der Waals surface area contributed by atoms with Gasteiger partial charge < -0.3 is 20.4 Å². The highest BCUT2D eigenvalue weighted by Crippen LogP contribution is 2.29. The van der Waals surface area contributed by atoms with Crippen LogP contribution in [0, 0.1) is 5.82 Å². The molecule has 2 aromatic carbocycles. The molecule has 3 rings (SSSR count). The third kappa shape index (κ3) is 5.12. The van der Waals surface area contributed by atoms with Gasteiger partial charge >= 0.3 is 11.8 Å². The van der Waals surface area contributed by atoms with Crippen molar-refractivity contribution >= 4 is 23.2 Å². The molecule has 0 fully saturated rings. The Morgan fingerprint density at radius 2 is 1.86 bits per heavy atom. The molecule has 0 saturated heterocycles. The first kappa shape index (κ1) is 20.8. The molecule has 0 aliphatic carbocycles. The quantitative estimate of drug-likeness (QED) is 0.760. The topological polar surface area (TPSA) is 64.7 Å². The highest BCUT2D eigenvalue weighted by atomic mass is 19.1. The summed E-state index contributed by atoms with van der Waals surface area (Å²) in [6.45, 7) is 1.36. The summed E-state index contributed by atoms with van der Waals surface area (Å²) in [5.74, 6) is -1.91. The van der Waals surface area contributed by atoms with E-state index in [4.69, 9.17) is 0 Å². The molecule has 6 nitrogen and oxygen atoms in total. The maximum Gasteiger partial charge on any atom is 0.313 e. The van der Waals surface area contributed by atoms with Crippen LogP contribution in [0.5, 0.6) is 0 Å². The number of rotatable bonds is 5. The van der Waals surface area contributed by atoms with Gasteiger partial charge in [0.2, 0.25) is 0 Å². The largest absolute Gasteiger partial charge is 0.374 e. The lowest BCUT2D eigenvalue weighted by Gasteiger charge is -2.30. The summed E-state index contributed by atoms with van der Waals surface area (Å²) in [7, 11) is 5.99. The molecule has 0 spiro atoms. The predicted molar refractivity (Wildman–Crippen MR) is 113 cm³/mol. The van der Waals surface area contributed by atoms with Crippen molar-refractivity contribution in [1.29, 1.82) is 0 Å². The van der Waals surface area contributed by atoms with E-state index in [1.165, 1.54) is 35.5 Å². The van der Waals surface area contributed by atoms with Crippen molar-refractivity contribution in [3.63, 3.8) is 0 Å². The van der Waals surface area contributed by atoms with Gasteiger partial charge in [0.1, 0.15) is 5.82 Å². The molecule has 7 heteroatoms. The molecule has 0 saturated carbocycles. The van der Waals surface area contributed by atoms with Gasteiger partial charge in [0.25, 0.3) is 0 Å². The number of nitrogens with one attached hydrogen (secondary N) is 2. The van der Waals surface area contributed by atoms with Crippen LogP contribution >= 0.6 is 0 Å². The van der Waals surface area contributed by atoms with Gasteiger partial charge in [0.05, 0.1) is 6.04 Å². The van der Waals surface area contributed by atoms with Gasteiger partial charge in [-0.1, -0.05) is 12.1 Å². The Balaban J connectivity index is 1.64. The number of carbonyl (C=O) groups is 2. The number of benzene rings is 2. The van der Waals surface area contributed by atoms with Crippen LogP contribution in [0.4, 0.5) is 15.8 Å². The molecule has 0 aromatic heterocycles. The van der Waals surface area contributed by atoms with Gasteiger partial charge in [-0.2, -0.15) is 0 Å². The Morgan fingerprint density at radius 1 is 1.14 bits per heavy atom. The van der Waals surface area contributed by atoms with E-state index in [1.807, 2.05) is 19.0 Å². The number of anilines is 2. The van der Waals surface area contributed by atoms with Crippen molar-refractivity contribution in [3.8, 4) is 0 Å². The Morgan fingerprint density at radius 3 is 2.55 bits per heavy atom. The molecule has 2 N–H and O–H groups in total. The van der Waals surface area contributed by atoms with E-state index in [-0.39, 0.29) is 6.04 Å². The van der Waals surface area contributed by atoms with Crippen molar-refractivity contribution in [3.05, 3.63) is 59.4 Å². The highest BCUT2D eigenvalue weighted by Gasteiger charge is 2.21. The van der Waals surface area contributed by atoms with E-state index in [2.05, 4.69) is 40.8 Å². The van der Waals surface area contributed by atoms with Crippen LogP contribution in [-0.4, -0.2) is 50.9 Å². The molecule has 2 aromatic rings. The predicted octanol–water partition coefficient (Wildman–Crippen LogP) is 2.57. The average molecular weight is 398 g/mol. The minimum atomic E-state index is -0.777. The fourth-order valence-corrected chi connectivity index (χ4v) is 3.60. The van der Waals surface area contributed by atoms with Crippen molar-refractivity contribution in [2.24, 2.45) is 0 Å². The SMILES string of the molecule is CN1CCCc2cc([C@@H](CNC(=O)C(=O)Nc3ccc(F)cc3)N(C)C)ccc21. The molecule has 1 aliphatic rings. The van der Waals surface area contributed by atoms with Gasteiger partial charge in [-0.05, 0) is 68.4 Å². The van der Waals surface area contributed by atoms with Gasteiger partial charge in [-0.3, -0.25) is 9.59 Å². The lowest BCUT2D eigenvalue weighted by atomic mass is 9.96. The average Bonchev–Trinajstić information content (AvgIpc) is 2.69. The summed E-state index contributed by atoms with van der Waals surface area (Å²) >= 11 is 0. The van der Waals surface area contributed by atoms with Crippen molar-refractivity contribution < 1.29 is 14.0 Å². The number of likely N-dealkylation sites (N-methyl/N-ethyl adjacent to an activating group) is 1. The van der Waals surface area contributed by atoms with E-state index in [9.17, 15) is 14.0 Å². The number of hydrogen-bond acceptors (Lipinski definition) is 4. The number of amides is 2. The molecular weight excluding hydrogens is 371 g/mol. The molecule has 0 unspecified atom stereocenters. The summed E-state index contributed by atoms with van der Waals surface area (Å²) in [6, 6.07) is 11.6. The molecule has 0 bridgehead atoms.